The molecule has 0 radical (unpaired) electrons. The fraction of sp³-hybridized carbons (Fsp3) is 0.167. The second kappa shape index (κ2) is 7.25. The Balaban J connectivity index is 3.12. The van der Waals surface area contributed by atoms with Gasteiger partial charge >= 0.3 is 11.9 Å². The van der Waals surface area contributed by atoms with E-state index in [0.717, 1.165) is 26.4 Å². The van der Waals surface area contributed by atoms with Crippen molar-refractivity contribution < 1.29 is 24.0 Å². The van der Waals surface area contributed by atoms with Gasteiger partial charge in [0.2, 0.25) is 0 Å². The summed E-state index contributed by atoms with van der Waals surface area (Å²) in [6.45, 7) is 0. The second-order valence-corrected chi connectivity index (χ2v) is 4.03. The van der Waals surface area contributed by atoms with Crippen molar-refractivity contribution in [2.75, 3.05) is 19.5 Å². The Morgan fingerprint density at radius 2 is 2.00 bits per heavy atom. The number of anilines is 1. The first-order valence-corrected chi connectivity index (χ1v) is 5.85. The molecular weight excluding hydrogens is 304 g/mol. The van der Waals surface area contributed by atoms with E-state index in [1.807, 2.05) is 0 Å². The highest BCUT2D eigenvalue weighted by atomic mass is 35.5. The van der Waals surface area contributed by atoms with E-state index in [1.165, 1.54) is 12.1 Å². The molecule has 0 heterocycles. The average molecular weight is 315 g/mol. The lowest BCUT2D eigenvalue weighted by Gasteiger charge is -2.09. The SMILES string of the molecule is COC(=O)/C=C(/Nc1ccc(Cl)c([N+](=O)[O-])c1)C(=O)OC. The Hall–Kier alpha value is -2.61. The number of methoxy groups -OCH3 is 2. The number of esters is 2. The van der Waals surface area contributed by atoms with Crippen LogP contribution in [0.3, 0.4) is 0 Å². The van der Waals surface area contributed by atoms with Gasteiger partial charge in [-0.3, -0.25) is 10.1 Å². The van der Waals surface area contributed by atoms with Crippen LogP contribution in [0.2, 0.25) is 5.02 Å². The predicted molar refractivity (Wildman–Crippen MR) is 73.8 cm³/mol. The lowest BCUT2D eigenvalue weighted by Crippen LogP contribution is -2.15. The van der Waals surface area contributed by atoms with Crippen LogP contribution in [0.15, 0.2) is 30.0 Å². The number of benzene rings is 1. The lowest BCUT2D eigenvalue weighted by atomic mass is 10.2. The fourth-order valence-corrected chi connectivity index (χ4v) is 1.51. The Morgan fingerprint density at radius 3 is 2.52 bits per heavy atom. The standard InChI is InChI=1S/C12H11ClN2O6/c1-20-11(16)6-9(12(17)21-2)14-7-3-4-8(13)10(5-7)15(18)19/h3-6,14H,1-2H3/b9-6+. The maximum Gasteiger partial charge on any atom is 0.354 e. The van der Waals surface area contributed by atoms with Crippen LogP contribution in [-0.4, -0.2) is 31.1 Å². The first-order valence-electron chi connectivity index (χ1n) is 5.48. The maximum absolute atomic E-state index is 11.5. The van der Waals surface area contributed by atoms with Gasteiger partial charge in [-0.2, -0.15) is 0 Å². The van der Waals surface area contributed by atoms with Gasteiger partial charge in [-0.25, -0.2) is 9.59 Å². The molecule has 1 aromatic rings. The molecule has 1 aromatic carbocycles. The lowest BCUT2D eigenvalue weighted by molar-refractivity contribution is -0.384. The molecule has 9 heteroatoms. The minimum absolute atomic E-state index is 0.0536. The van der Waals surface area contributed by atoms with E-state index >= 15 is 0 Å². The molecule has 0 fully saturated rings. The molecule has 0 unspecified atom stereocenters. The van der Waals surface area contributed by atoms with E-state index in [0.29, 0.717) is 0 Å². The number of halogens is 1. The topological polar surface area (TPSA) is 108 Å². The van der Waals surface area contributed by atoms with Gasteiger partial charge in [0.25, 0.3) is 5.69 Å². The third kappa shape index (κ3) is 4.46. The zero-order valence-electron chi connectivity index (χ0n) is 11.1. The quantitative estimate of drug-likeness (QED) is 0.382. The molecule has 0 aliphatic rings. The van der Waals surface area contributed by atoms with E-state index in [-0.39, 0.29) is 22.1 Å². The van der Waals surface area contributed by atoms with Crippen molar-refractivity contribution in [1.82, 2.24) is 0 Å². The normalized spacial score (nSPS) is 10.7. The summed E-state index contributed by atoms with van der Waals surface area (Å²) in [5.74, 6) is -1.62. The molecule has 0 spiro atoms. The van der Waals surface area contributed by atoms with Crippen molar-refractivity contribution >= 4 is 34.9 Å². The molecule has 0 aromatic heterocycles. The summed E-state index contributed by atoms with van der Waals surface area (Å²) >= 11 is 5.67. The fourth-order valence-electron chi connectivity index (χ4n) is 1.32. The van der Waals surface area contributed by atoms with E-state index in [4.69, 9.17) is 11.6 Å². The van der Waals surface area contributed by atoms with Crippen LogP contribution in [-0.2, 0) is 19.1 Å². The van der Waals surface area contributed by atoms with E-state index in [2.05, 4.69) is 14.8 Å². The van der Waals surface area contributed by atoms with Gasteiger partial charge < -0.3 is 14.8 Å². The van der Waals surface area contributed by atoms with E-state index in [9.17, 15) is 19.7 Å². The summed E-state index contributed by atoms with van der Waals surface area (Å²) in [7, 11) is 2.26. The number of hydrogen-bond acceptors (Lipinski definition) is 7. The maximum atomic E-state index is 11.5. The minimum atomic E-state index is -0.835. The van der Waals surface area contributed by atoms with Gasteiger partial charge in [0.15, 0.2) is 0 Å². The number of nitrogens with zero attached hydrogens (tertiary/aromatic N) is 1. The van der Waals surface area contributed by atoms with Crippen molar-refractivity contribution in [2.45, 2.75) is 0 Å². The number of nitrogens with one attached hydrogen (secondary N) is 1. The van der Waals surface area contributed by atoms with Crippen LogP contribution < -0.4 is 5.32 Å². The van der Waals surface area contributed by atoms with Gasteiger partial charge in [-0.15, -0.1) is 0 Å². The van der Waals surface area contributed by atoms with Crippen LogP contribution in [0, 0.1) is 10.1 Å². The number of nitro groups is 1. The van der Waals surface area contributed by atoms with Gasteiger partial charge in [0.05, 0.1) is 25.2 Å². The monoisotopic (exact) mass is 314 g/mol. The molecule has 8 nitrogen and oxygen atoms in total. The van der Waals surface area contributed by atoms with Crippen LogP contribution in [0.4, 0.5) is 11.4 Å². The first-order chi connectivity index (χ1) is 9.88. The molecule has 0 aliphatic carbocycles. The summed E-state index contributed by atoms with van der Waals surface area (Å²) in [5.41, 5.74) is -0.392. The molecule has 0 amide bonds. The first kappa shape index (κ1) is 16.4. The average Bonchev–Trinajstić information content (AvgIpc) is 2.46. The highest BCUT2D eigenvalue weighted by Gasteiger charge is 2.16. The third-order valence-corrected chi connectivity index (χ3v) is 2.61. The molecule has 1 N–H and O–H groups in total. The molecule has 0 saturated heterocycles. The molecule has 1 rings (SSSR count). The number of nitro benzene ring substituents is 1. The highest BCUT2D eigenvalue weighted by molar-refractivity contribution is 6.32. The summed E-state index contributed by atoms with van der Waals surface area (Å²) in [5, 5.41) is 13.3. The van der Waals surface area contributed by atoms with Gasteiger partial charge in [0.1, 0.15) is 10.7 Å². The van der Waals surface area contributed by atoms with Crippen molar-refractivity contribution in [3.63, 3.8) is 0 Å². The Kier molecular flexibility index (Phi) is 5.67. The van der Waals surface area contributed by atoms with Gasteiger partial charge in [-0.1, -0.05) is 11.6 Å². The number of ether oxygens (including phenoxy) is 2. The summed E-state index contributed by atoms with van der Waals surface area (Å²) in [6.07, 6.45) is 0.867. The second-order valence-electron chi connectivity index (χ2n) is 3.62. The molecular formula is C12H11ClN2O6. The Labute approximate surface area is 124 Å². The minimum Gasteiger partial charge on any atom is -0.466 e. The van der Waals surface area contributed by atoms with Gasteiger partial charge in [-0.05, 0) is 12.1 Å². The van der Waals surface area contributed by atoms with Crippen molar-refractivity contribution in [1.29, 1.82) is 0 Å². The number of hydrogen-bond donors (Lipinski definition) is 1. The summed E-state index contributed by atoms with van der Waals surface area (Å²) in [6, 6.07) is 3.81. The van der Waals surface area contributed by atoms with E-state index < -0.39 is 16.9 Å². The summed E-state index contributed by atoms with van der Waals surface area (Å²) < 4.78 is 8.90. The van der Waals surface area contributed by atoms with Crippen LogP contribution in [0.1, 0.15) is 0 Å². The van der Waals surface area contributed by atoms with Crippen LogP contribution in [0.25, 0.3) is 0 Å². The van der Waals surface area contributed by atoms with E-state index in [1.54, 1.807) is 0 Å². The summed E-state index contributed by atoms with van der Waals surface area (Å²) in [4.78, 5) is 32.8. The highest BCUT2D eigenvalue weighted by Crippen LogP contribution is 2.28. The van der Waals surface area contributed by atoms with Gasteiger partial charge in [0, 0.05) is 11.8 Å². The molecule has 112 valence electrons. The van der Waals surface area contributed by atoms with Crippen LogP contribution in [0.5, 0.6) is 0 Å². The predicted octanol–water partition coefficient (Wildman–Crippen LogP) is 1.89. The Morgan fingerprint density at radius 1 is 1.33 bits per heavy atom. The number of carbonyl (C=O) groups is 2. The number of rotatable bonds is 5. The molecule has 0 atom stereocenters. The van der Waals surface area contributed by atoms with Crippen molar-refractivity contribution in [3.05, 3.63) is 45.1 Å². The largest absolute Gasteiger partial charge is 0.466 e. The molecule has 0 aliphatic heterocycles. The smallest absolute Gasteiger partial charge is 0.354 e. The molecule has 0 bridgehead atoms. The molecule has 21 heavy (non-hydrogen) atoms. The number of carbonyl (C=O) groups excluding carboxylic acids is 2. The van der Waals surface area contributed by atoms with Crippen LogP contribution >= 0.6 is 11.6 Å². The van der Waals surface area contributed by atoms with Crippen molar-refractivity contribution in [3.8, 4) is 0 Å². The zero-order valence-corrected chi connectivity index (χ0v) is 11.8. The van der Waals surface area contributed by atoms with Crippen molar-refractivity contribution in [2.24, 2.45) is 0 Å². The third-order valence-electron chi connectivity index (χ3n) is 2.29. The molecule has 0 saturated carbocycles. The zero-order chi connectivity index (χ0) is 16.0. The Bertz CT molecular complexity index is 614.